The van der Waals surface area contributed by atoms with Gasteiger partial charge in [0, 0.05) is 25.8 Å². The van der Waals surface area contributed by atoms with Gasteiger partial charge < -0.3 is 14.4 Å². The minimum Gasteiger partial charge on any atom is -0.444 e. The summed E-state index contributed by atoms with van der Waals surface area (Å²) < 4.78 is 37.7. The number of piperidine rings is 1. The van der Waals surface area contributed by atoms with Gasteiger partial charge in [-0.2, -0.15) is 13.9 Å². The van der Waals surface area contributed by atoms with E-state index in [1.165, 1.54) is 0 Å². The molecular weight excluding hydrogens is 436 g/mol. The van der Waals surface area contributed by atoms with Gasteiger partial charge in [-0.15, -0.1) is 0 Å². The maximum absolute atomic E-state index is 12.7. The molecule has 1 amide bonds. The highest BCUT2D eigenvalue weighted by molar-refractivity contribution is 9.10. The Labute approximate surface area is 170 Å². The fourth-order valence-electron chi connectivity index (χ4n) is 3.28. The van der Waals surface area contributed by atoms with E-state index in [1.54, 1.807) is 27.9 Å². The van der Waals surface area contributed by atoms with Crippen LogP contribution in [0.2, 0.25) is 0 Å². The molecule has 9 heteroatoms. The van der Waals surface area contributed by atoms with E-state index in [-0.39, 0.29) is 11.8 Å². The van der Waals surface area contributed by atoms with Gasteiger partial charge in [0.25, 0.3) is 0 Å². The standard InChI is InChI=1S/C19H24BrF2N3O3/c1-19(2,3)28-18(26)24-8-6-12(7-9-24)10-25-11-13-15(23-25)5-4-14(20)16(13)27-17(21)22/h4-5,11-12,17H,6-10H2,1-3H3. The summed E-state index contributed by atoms with van der Waals surface area (Å²) in [6.07, 6.45) is 3.12. The summed E-state index contributed by atoms with van der Waals surface area (Å²) in [5.74, 6) is 0.439. The minimum absolute atomic E-state index is 0.0958. The van der Waals surface area contributed by atoms with Crippen molar-refractivity contribution in [3.63, 3.8) is 0 Å². The second kappa shape index (κ2) is 8.23. The molecule has 3 rings (SSSR count). The Balaban J connectivity index is 1.64. The largest absolute Gasteiger partial charge is 0.444 e. The normalized spacial score (nSPS) is 16.0. The third-order valence-corrected chi connectivity index (χ3v) is 5.18. The van der Waals surface area contributed by atoms with E-state index in [9.17, 15) is 13.6 Å². The lowest BCUT2D eigenvalue weighted by molar-refractivity contribution is -0.0493. The molecule has 28 heavy (non-hydrogen) atoms. The van der Waals surface area contributed by atoms with Crippen LogP contribution in [0.3, 0.4) is 0 Å². The smallest absolute Gasteiger partial charge is 0.410 e. The molecule has 1 aromatic carbocycles. The number of hydrogen-bond donors (Lipinski definition) is 0. The molecule has 1 aliphatic rings. The molecule has 0 aliphatic carbocycles. The topological polar surface area (TPSA) is 56.6 Å². The average molecular weight is 460 g/mol. The lowest BCUT2D eigenvalue weighted by atomic mass is 9.97. The molecule has 6 nitrogen and oxygen atoms in total. The van der Waals surface area contributed by atoms with E-state index in [0.717, 1.165) is 12.8 Å². The first-order valence-electron chi connectivity index (χ1n) is 9.21. The Bertz CT molecular complexity index is 843. The van der Waals surface area contributed by atoms with Crippen LogP contribution >= 0.6 is 15.9 Å². The number of carbonyl (C=O) groups excluding carboxylic acids is 1. The second-order valence-corrected chi connectivity index (χ2v) is 8.80. The summed E-state index contributed by atoms with van der Waals surface area (Å²) >= 11 is 3.25. The third-order valence-electron chi connectivity index (χ3n) is 4.56. The van der Waals surface area contributed by atoms with Crippen LogP contribution in [0.1, 0.15) is 33.6 Å². The van der Waals surface area contributed by atoms with Gasteiger partial charge in [0.15, 0.2) is 5.75 Å². The zero-order chi connectivity index (χ0) is 20.5. The first-order chi connectivity index (χ1) is 13.1. The van der Waals surface area contributed by atoms with Crippen LogP contribution < -0.4 is 4.74 Å². The Kier molecular flexibility index (Phi) is 6.12. The summed E-state index contributed by atoms with van der Waals surface area (Å²) in [6.45, 7) is 4.57. The van der Waals surface area contributed by atoms with Crippen LogP contribution in [0.5, 0.6) is 5.75 Å². The molecule has 0 N–H and O–H groups in total. The molecule has 0 spiro atoms. The fourth-order valence-corrected chi connectivity index (χ4v) is 3.72. The molecule has 1 saturated heterocycles. The third kappa shape index (κ3) is 5.12. The van der Waals surface area contributed by atoms with E-state index >= 15 is 0 Å². The molecule has 0 bridgehead atoms. The van der Waals surface area contributed by atoms with Crippen molar-refractivity contribution in [1.82, 2.24) is 14.7 Å². The van der Waals surface area contributed by atoms with Crippen LogP contribution in [0.25, 0.3) is 10.9 Å². The Morgan fingerprint density at radius 2 is 2.00 bits per heavy atom. The number of likely N-dealkylation sites (tertiary alicyclic amines) is 1. The Morgan fingerprint density at radius 3 is 2.61 bits per heavy atom. The quantitative estimate of drug-likeness (QED) is 0.641. The summed E-state index contributed by atoms with van der Waals surface area (Å²) in [4.78, 5) is 13.9. The summed E-state index contributed by atoms with van der Waals surface area (Å²) in [7, 11) is 0. The number of amides is 1. The van der Waals surface area contributed by atoms with Crippen LogP contribution in [0.4, 0.5) is 13.6 Å². The molecule has 2 heterocycles. The van der Waals surface area contributed by atoms with E-state index in [0.29, 0.717) is 40.9 Å². The predicted octanol–water partition coefficient (Wildman–Crippen LogP) is 5.05. The molecule has 0 unspecified atom stereocenters. The van der Waals surface area contributed by atoms with E-state index in [2.05, 4.69) is 25.8 Å². The highest BCUT2D eigenvalue weighted by Gasteiger charge is 2.27. The number of ether oxygens (including phenoxy) is 2. The number of nitrogens with zero attached hydrogens (tertiary/aromatic N) is 3. The van der Waals surface area contributed by atoms with Gasteiger partial charge in [-0.1, -0.05) is 0 Å². The number of halogens is 3. The predicted molar refractivity (Wildman–Crippen MR) is 105 cm³/mol. The number of benzene rings is 1. The molecule has 0 saturated carbocycles. The molecule has 1 aromatic heterocycles. The number of rotatable bonds is 4. The summed E-state index contributed by atoms with van der Waals surface area (Å²) in [5, 5.41) is 5.03. The lowest BCUT2D eigenvalue weighted by Crippen LogP contribution is -2.42. The van der Waals surface area contributed by atoms with Crippen molar-refractivity contribution in [1.29, 1.82) is 0 Å². The number of aromatic nitrogens is 2. The number of carbonyl (C=O) groups is 1. The molecule has 1 fully saturated rings. The molecule has 1 aliphatic heterocycles. The summed E-state index contributed by atoms with van der Waals surface area (Å²) in [5.41, 5.74) is 0.0973. The molecular formula is C19H24BrF2N3O3. The van der Waals surface area contributed by atoms with Gasteiger partial charge in [-0.05, 0) is 67.6 Å². The minimum atomic E-state index is -2.90. The van der Waals surface area contributed by atoms with Crippen LogP contribution in [-0.2, 0) is 11.3 Å². The second-order valence-electron chi connectivity index (χ2n) is 7.95. The average Bonchev–Trinajstić information content (AvgIpc) is 2.99. The van der Waals surface area contributed by atoms with Crippen LogP contribution in [0.15, 0.2) is 22.8 Å². The highest BCUT2D eigenvalue weighted by Crippen LogP contribution is 2.34. The van der Waals surface area contributed by atoms with Gasteiger partial charge in [0.1, 0.15) is 5.60 Å². The zero-order valence-electron chi connectivity index (χ0n) is 16.1. The van der Waals surface area contributed by atoms with Crippen molar-refractivity contribution >= 4 is 32.9 Å². The zero-order valence-corrected chi connectivity index (χ0v) is 17.7. The molecule has 0 atom stereocenters. The Morgan fingerprint density at radius 1 is 1.32 bits per heavy atom. The van der Waals surface area contributed by atoms with Crippen molar-refractivity contribution in [2.24, 2.45) is 5.92 Å². The maximum Gasteiger partial charge on any atom is 0.410 e. The van der Waals surface area contributed by atoms with E-state index in [1.807, 2.05) is 20.8 Å². The Hall–Kier alpha value is -1.90. The summed E-state index contributed by atoms with van der Waals surface area (Å²) in [6, 6.07) is 3.41. The lowest BCUT2D eigenvalue weighted by Gasteiger charge is -2.33. The van der Waals surface area contributed by atoms with Crippen molar-refractivity contribution in [3.8, 4) is 5.75 Å². The van der Waals surface area contributed by atoms with E-state index in [4.69, 9.17) is 4.74 Å². The first-order valence-corrected chi connectivity index (χ1v) is 10.00. The van der Waals surface area contributed by atoms with Gasteiger partial charge in [0.2, 0.25) is 0 Å². The first kappa shape index (κ1) is 20.8. The SMILES string of the molecule is CC(C)(C)OC(=O)N1CCC(Cn2cc3c(OC(F)F)c(Br)ccc3n2)CC1. The number of hydrogen-bond acceptors (Lipinski definition) is 4. The van der Waals surface area contributed by atoms with Crippen molar-refractivity contribution < 1.29 is 23.0 Å². The molecule has 2 aromatic rings. The van der Waals surface area contributed by atoms with Crippen LogP contribution in [-0.4, -0.2) is 46.1 Å². The highest BCUT2D eigenvalue weighted by atomic mass is 79.9. The van der Waals surface area contributed by atoms with Crippen LogP contribution in [0, 0.1) is 5.92 Å². The van der Waals surface area contributed by atoms with Gasteiger partial charge in [-0.3, -0.25) is 4.68 Å². The van der Waals surface area contributed by atoms with Gasteiger partial charge in [-0.25, -0.2) is 4.79 Å². The molecule has 154 valence electrons. The fraction of sp³-hybridized carbons (Fsp3) is 0.579. The number of fused-ring (bicyclic) bond motifs is 1. The molecule has 0 radical (unpaired) electrons. The van der Waals surface area contributed by atoms with Crippen molar-refractivity contribution in [2.75, 3.05) is 13.1 Å². The number of alkyl halides is 2. The van der Waals surface area contributed by atoms with Gasteiger partial charge in [0.05, 0.1) is 15.4 Å². The van der Waals surface area contributed by atoms with Gasteiger partial charge >= 0.3 is 12.7 Å². The van der Waals surface area contributed by atoms with Crippen molar-refractivity contribution in [2.45, 2.75) is 52.4 Å². The van der Waals surface area contributed by atoms with E-state index < -0.39 is 12.2 Å². The maximum atomic E-state index is 12.7. The monoisotopic (exact) mass is 459 g/mol. The van der Waals surface area contributed by atoms with Crippen molar-refractivity contribution in [3.05, 3.63) is 22.8 Å².